The van der Waals surface area contributed by atoms with E-state index in [1.54, 1.807) is 6.20 Å². The summed E-state index contributed by atoms with van der Waals surface area (Å²) in [6.07, 6.45) is 2.83. The molecule has 2 aliphatic rings. The lowest BCUT2D eigenvalue weighted by atomic mass is 9.97. The Morgan fingerprint density at radius 3 is 2.91 bits per heavy atom. The summed E-state index contributed by atoms with van der Waals surface area (Å²) in [5.41, 5.74) is 1.49. The third-order valence-electron chi connectivity index (χ3n) is 4.87. The van der Waals surface area contributed by atoms with E-state index in [4.69, 9.17) is 4.74 Å². The molecule has 1 aromatic heterocycles. The van der Waals surface area contributed by atoms with Gasteiger partial charge in [-0.15, -0.1) is 0 Å². The van der Waals surface area contributed by atoms with Crippen LogP contribution >= 0.6 is 0 Å². The molecule has 3 heterocycles. The number of rotatable bonds is 2. The number of nitrogens with zero attached hydrogens (tertiary/aromatic N) is 4. The van der Waals surface area contributed by atoms with Crippen LogP contribution < -0.4 is 0 Å². The number of fused-ring (bicyclic) bond motifs is 1. The summed E-state index contributed by atoms with van der Waals surface area (Å²) in [5, 5.41) is 0. The number of aryl methyl sites for hydroxylation is 1. The minimum absolute atomic E-state index is 0.0473. The van der Waals surface area contributed by atoms with Crippen LogP contribution in [-0.4, -0.2) is 71.1 Å². The fraction of sp³-hybridized carbons (Fsp3) is 0.706. The molecule has 2 fully saturated rings. The van der Waals surface area contributed by atoms with E-state index in [2.05, 4.69) is 35.8 Å². The molecule has 1 amide bonds. The van der Waals surface area contributed by atoms with Gasteiger partial charge in [0.05, 0.1) is 30.0 Å². The van der Waals surface area contributed by atoms with E-state index in [0.29, 0.717) is 17.9 Å². The molecule has 1 aromatic rings. The number of hydrogen-bond acceptors (Lipinski definition) is 5. The second-order valence-electron chi connectivity index (χ2n) is 6.87. The van der Waals surface area contributed by atoms with Gasteiger partial charge in [-0.05, 0) is 26.3 Å². The monoisotopic (exact) mass is 318 g/mol. The molecular formula is C17H26N4O2. The highest BCUT2D eigenvalue weighted by atomic mass is 16.5. The average molecular weight is 318 g/mol. The second kappa shape index (κ2) is 6.53. The predicted octanol–water partition coefficient (Wildman–Crippen LogP) is 1.45. The quantitative estimate of drug-likeness (QED) is 0.826. The van der Waals surface area contributed by atoms with Gasteiger partial charge in [0.2, 0.25) is 0 Å². The maximum Gasteiger partial charge on any atom is 0.257 e. The number of carbonyl (C=O) groups excluding carboxylic acids is 1. The molecule has 3 rings (SSSR count). The summed E-state index contributed by atoms with van der Waals surface area (Å²) in [5.74, 6) is 0.962. The molecule has 0 saturated carbocycles. The van der Waals surface area contributed by atoms with Gasteiger partial charge in [-0.1, -0.05) is 13.8 Å². The number of piperidine rings is 1. The molecule has 6 heteroatoms. The molecule has 0 aromatic carbocycles. The normalized spacial score (nSPS) is 25.5. The van der Waals surface area contributed by atoms with Crippen LogP contribution in [0.3, 0.4) is 0 Å². The fourth-order valence-corrected chi connectivity index (χ4v) is 3.49. The van der Waals surface area contributed by atoms with Crippen LogP contribution in [0.2, 0.25) is 0 Å². The number of likely N-dealkylation sites (tertiary alicyclic amines) is 1. The molecule has 0 spiro atoms. The third-order valence-corrected chi connectivity index (χ3v) is 4.87. The van der Waals surface area contributed by atoms with E-state index >= 15 is 0 Å². The summed E-state index contributed by atoms with van der Waals surface area (Å²) in [6, 6.07) is 0.287. The topological polar surface area (TPSA) is 58.6 Å². The maximum atomic E-state index is 13.0. The number of aromatic nitrogens is 2. The molecule has 2 atom stereocenters. The Bertz CT molecular complexity index is 590. The van der Waals surface area contributed by atoms with Crippen LogP contribution in [0.4, 0.5) is 0 Å². The zero-order valence-corrected chi connectivity index (χ0v) is 14.5. The summed E-state index contributed by atoms with van der Waals surface area (Å²) in [4.78, 5) is 26.0. The molecule has 126 valence electrons. The summed E-state index contributed by atoms with van der Waals surface area (Å²) in [7, 11) is 2.11. The molecular weight excluding hydrogens is 292 g/mol. The molecule has 2 saturated heterocycles. The number of carbonyl (C=O) groups is 1. The van der Waals surface area contributed by atoms with Crippen molar-refractivity contribution in [2.45, 2.75) is 45.3 Å². The van der Waals surface area contributed by atoms with Gasteiger partial charge < -0.3 is 9.64 Å². The lowest BCUT2D eigenvalue weighted by molar-refractivity contribution is -0.0893. The standard InChI is InChI=1S/C17H26N4O2/c1-11(2)16-13(9-18-12(3)19-16)17(22)21-6-5-15-14(10-21)20(4)7-8-23-15/h9,11,14-15H,5-8,10H2,1-4H3. The lowest BCUT2D eigenvalue weighted by Gasteiger charge is -2.45. The van der Waals surface area contributed by atoms with Crippen molar-refractivity contribution in [3.63, 3.8) is 0 Å². The molecule has 2 unspecified atom stereocenters. The van der Waals surface area contributed by atoms with Crippen LogP contribution in [0.5, 0.6) is 0 Å². The number of hydrogen-bond donors (Lipinski definition) is 0. The first-order valence-corrected chi connectivity index (χ1v) is 8.42. The average Bonchev–Trinajstić information content (AvgIpc) is 2.54. The Kier molecular flexibility index (Phi) is 4.64. The summed E-state index contributed by atoms with van der Waals surface area (Å²) in [6.45, 7) is 9.15. The molecule has 0 radical (unpaired) electrons. The smallest absolute Gasteiger partial charge is 0.257 e. The van der Waals surface area contributed by atoms with Gasteiger partial charge in [0.1, 0.15) is 5.82 Å². The SMILES string of the molecule is Cc1ncc(C(=O)N2CCC3OCCN(C)C3C2)c(C(C)C)n1. The van der Waals surface area contributed by atoms with E-state index < -0.39 is 0 Å². The van der Waals surface area contributed by atoms with Crippen molar-refractivity contribution in [2.24, 2.45) is 0 Å². The minimum atomic E-state index is 0.0473. The summed E-state index contributed by atoms with van der Waals surface area (Å²) >= 11 is 0. The Morgan fingerprint density at radius 2 is 2.17 bits per heavy atom. The van der Waals surface area contributed by atoms with Gasteiger partial charge >= 0.3 is 0 Å². The molecule has 0 bridgehead atoms. The lowest BCUT2D eigenvalue weighted by Crippen LogP contribution is -2.59. The van der Waals surface area contributed by atoms with Crippen LogP contribution in [0.1, 0.15) is 48.1 Å². The van der Waals surface area contributed by atoms with Crippen LogP contribution in [-0.2, 0) is 4.74 Å². The number of likely N-dealkylation sites (N-methyl/N-ethyl adjacent to an activating group) is 1. The van der Waals surface area contributed by atoms with Crippen molar-refractivity contribution in [3.05, 3.63) is 23.3 Å². The van der Waals surface area contributed by atoms with Crippen molar-refractivity contribution in [1.29, 1.82) is 0 Å². The van der Waals surface area contributed by atoms with Crippen molar-refractivity contribution >= 4 is 5.91 Å². The number of morpholine rings is 1. The van der Waals surface area contributed by atoms with Crippen molar-refractivity contribution in [1.82, 2.24) is 19.8 Å². The first kappa shape index (κ1) is 16.3. The van der Waals surface area contributed by atoms with Crippen LogP contribution in [0.25, 0.3) is 0 Å². The molecule has 0 aliphatic carbocycles. The second-order valence-corrected chi connectivity index (χ2v) is 6.87. The van der Waals surface area contributed by atoms with Crippen molar-refractivity contribution in [3.8, 4) is 0 Å². The van der Waals surface area contributed by atoms with E-state index in [0.717, 1.165) is 31.8 Å². The van der Waals surface area contributed by atoms with Gasteiger partial charge in [0.25, 0.3) is 5.91 Å². The van der Waals surface area contributed by atoms with E-state index in [9.17, 15) is 4.79 Å². The Labute approximate surface area is 137 Å². The minimum Gasteiger partial charge on any atom is -0.375 e. The first-order valence-electron chi connectivity index (χ1n) is 8.42. The molecule has 6 nitrogen and oxygen atoms in total. The fourth-order valence-electron chi connectivity index (χ4n) is 3.49. The molecule has 0 N–H and O–H groups in total. The number of ether oxygens (including phenoxy) is 1. The number of amides is 1. The zero-order valence-electron chi connectivity index (χ0n) is 14.5. The van der Waals surface area contributed by atoms with Gasteiger partial charge in [-0.3, -0.25) is 9.69 Å². The van der Waals surface area contributed by atoms with E-state index in [1.165, 1.54) is 0 Å². The largest absolute Gasteiger partial charge is 0.375 e. The summed E-state index contributed by atoms with van der Waals surface area (Å²) < 4.78 is 5.86. The Morgan fingerprint density at radius 1 is 1.39 bits per heavy atom. The Balaban J connectivity index is 1.81. The van der Waals surface area contributed by atoms with Crippen molar-refractivity contribution < 1.29 is 9.53 Å². The predicted molar refractivity (Wildman–Crippen MR) is 87.5 cm³/mol. The molecule has 2 aliphatic heterocycles. The first-order chi connectivity index (χ1) is 11.0. The Hall–Kier alpha value is -1.53. The van der Waals surface area contributed by atoms with E-state index in [-0.39, 0.29) is 24.0 Å². The maximum absolute atomic E-state index is 13.0. The highest BCUT2D eigenvalue weighted by Crippen LogP contribution is 2.25. The van der Waals surface area contributed by atoms with Crippen LogP contribution in [0.15, 0.2) is 6.20 Å². The third kappa shape index (κ3) is 3.23. The van der Waals surface area contributed by atoms with Gasteiger partial charge in [0.15, 0.2) is 0 Å². The van der Waals surface area contributed by atoms with E-state index in [1.807, 2.05) is 11.8 Å². The zero-order chi connectivity index (χ0) is 16.6. The van der Waals surface area contributed by atoms with Gasteiger partial charge in [0, 0.05) is 25.8 Å². The van der Waals surface area contributed by atoms with Crippen LogP contribution in [0, 0.1) is 6.92 Å². The van der Waals surface area contributed by atoms with Gasteiger partial charge in [-0.25, -0.2) is 9.97 Å². The van der Waals surface area contributed by atoms with Gasteiger partial charge in [-0.2, -0.15) is 0 Å². The highest BCUT2D eigenvalue weighted by Gasteiger charge is 2.37. The van der Waals surface area contributed by atoms with Crippen molar-refractivity contribution in [2.75, 3.05) is 33.3 Å². The highest BCUT2D eigenvalue weighted by molar-refractivity contribution is 5.95. The molecule has 23 heavy (non-hydrogen) atoms.